The molecule has 2 atom stereocenters. The minimum atomic E-state index is -0.816. The maximum atomic E-state index is 13.4. The maximum absolute atomic E-state index is 13.4. The fourth-order valence-corrected chi connectivity index (χ4v) is 4.69. The van der Waals surface area contributed by atoms with Gasteiger partial charge in [-0.25, -0.2) is 0 Å². The van der Waals surface area contributed by atoms with E-state index in [2.05, 4.69) is 16.4 Å². The number of benzene rings is 1. The minimum Gasteiger partial charge on any atom is -0.508 e. The molecule has 172 valence electrons. The van der Waals surface area contributed by atoms with Gasteiger partial charge in [-0.05, 0) is 55.2 Å². The maximum Gasteiger partial charge on any atom is 0.264 e. The van der Waals surface area contributed by atoms with Crippen LogP contribution in [0.1, 0.15) is 43.7 Å². The van der Waals surface area contributed by atoms with Gasteiger partial charge in [0.25, 0.3) is 5.91 Å². The fraction of sp³-hybridized carbons (Fsp3) is 0.440. The van der Waals surface area contributed by atoms with E-state index in [0.29, 0.717) is 5.75 Å². The molecule has 2 unspecified atom stereocenters. The van der Waals surface area contributed by atoms with Crippen LogP contribution in [0.3, 0.4) is 0 Å². The number of hydrogen-bond acceptors (Lipinski definition) is 6. The van der Waals surface area contributed by atoms with E-state index in [-0.39, 0.29) is 37.1 Å². The van der Waals surface area contributed by atoms with Crippen molar-refractivity contribution >= 4 is 11.8 Å². The number of pyridine rings is 1. The molecule has 2 amide bonds. The number of carbonyl (C=O) groups excluding carboxylic acids is 2. The summed E-state index contributed by atoms with van der Waals surface area (Å²) < 4.78 is 5.77. The Morgan fingerprint density at radius 2 is 2.12 bits per heavy atom. The number of hydrogen-bond donors (Lipinski definition) is 2. The Balaban J connectivity index is 1.54. The number of carbonyl (C=O) groups is 2. The van der Waals surface area contributed by atoms with Crippen molar-refractivity contribution < 1.29 is 19.4 Å². The number of phenolic OH excluding ortho intramolecular Hbond substituents is 1. The van der Waals surface area contributed by atoms with Crippen LogP contribution in [0.4, 0.5) is 0 Å². The predicted octanol–water partition coefficient (Wildman–Crippen LogP) is 2.71. The minimum absolute atomic E-state index is 0.121. The lowest BCUT2D eigenvalue weighted by Crippen LogP contribution is -2.56. The van der Waals surface area contributed by atoms with Crippen molar-refractivity contribution in [2.45, 2.75) is 57.7 Å². The van der Waals surface area contributed by atoms with Crippen LogP contribution in [0, 0.1) is 16.7 Å². The van der Waals surface area contributed by atoms with Crippen molar-refractivity contribution in [1.29, 1.82) is 5.26 Å². The Morgan fingerprint density at radius 3 is 2.82 bits per heavy atom. The van der Waals surface area contributed by atoms with Crippen LogP contribution in [-0.2, 0) is 22.6 Å². The summed E-state index contributed by atoms with van der Waals surface area (Å²) in [6, 6.07) is 10.1. The number of phenols is 1. The molecule has 4 rings (SSSR count). The highest BCUT2D eigenvalue weighted by Gasteiger charge is 2.39. The van der Waals surface area contributed by atoms with Crippen LogP contribution >= 0.6 is 0 Å². The molecule has 1 saturated carbocycles. The second kappa shape index (κ2) is 9.49. The topological polar surface area (TPSA) is 116 Å². The summed E-state index contributed by atoms with van der Waals surface area (Å²) in [6.07, 6.45) is 6.11. The van der Waals surface area contributed by atoms with Crippen LogP contribution < -0.4 is 10.1 Å². The van der Waals surface area contributed by atoms with Gasteiger partial charge >= 0.3 is 0 Å². The van der Waals surface area contributed by atoms with Crippen LogP contribution in [0.5, 0.6) is 11.5 Å². The number of ether oxygens (including phenoxy) is 1. The molecule has 1 aliphatic heterocycles. The average Bonchev–Trinajstić information content (AvgIpc) is 3.31. The molecule has 2 heterocycles. The van der Waals surface area contributed by atoms with E-state index < -0.39 is 17.6 Å². The molecule has 0 saturated heterocycles. The standard InChI is InChI=1S/C25H28N4O4/c1-17(33-21-5-4-10-27-13-21)24(32)29-14-18-6-7-20(30)11-19(18)12-22(29)23(31)28-16-25(15-26)8-2-3-9-25/h4-7,10-11,13,17,22,30H,2-3,8-9,12,14,16H2,1H3,(H,28,31). The lowest BCUT2D eigenvalue weighted by Gasteiger charge is -2.37. The molecule has 1 fully saturated rings. The Bertz CT molecular complexity index is 1060. The lowest BCUT2D eigenvalue weighted by atomic mass is 9.87. The van der Waals surface area contributed by atoms with Crippen molar-refractivity contribution in [3.8, 4) is 17.6 Å². The number of rotatable bonds is 6. The van der Waals surface area contributed by atoms with Crippen LogP contribution in [-0.4, -0.2) is 45.5 Å². The normalized spacial score (nSPS) is 19.8. The summed E-state index contributed by atoms with van der Waals surface area (Å²) >= 11 is 0. The number of aromatic nitrogens is 1. The highest BCUT2D eigenvalue weighted by molar-refractivity contribution is 5.90. The number of amides is 2. The van der Waals surface area contributed by atoms with Gasteiger partial charge < -0.3 is 20.1 Å². The van der Waals surface area contributed by atoms with Gasteiger partial charge in [-0.3, -0.25) is 14.6 Å². The quantitative estimate of drug-likeness (QED) is 0.702. The third-order valence-electron chi connectivity index (χ3n) is 6.60. The molecule has 0 radical (unpaired) electrons. The lowest BCUT2D eigenvalue weighted by molar-refractivity contribution is -0.147. The molecule has 1 aliphatic carbocycles. The van der Waals surface area contributed by atoms with Crippen molar-refractivity contribution in [3.05, 3.63) is 53.9 Å². The Labute approximate surface area is 193 Å². The van der Waals surface area contributed by atoms with Crippen molar-refractivity contribution in [3.63, 3.8) is 0 Å². The van der Waals surface area contributed by atoms with Gasteiger partial charge in [0.15, 0.2) is 6.10 Å². The molecule has 33 heavy (non-hydrogen) atoms. The zero-order valence-corrected chi connectivity index (χ0v) is 18.7. The third-order valence-corrected chi connectivity index (χ3v) is 6.60. The largest absolute Gasteiger partial charge is 0.508 e. The van der Waals surface area contributed by atoms with E-state index in [1.165, 1.54) is 11.1 Å². The van der Waals surface area contributed by atoms with E-state index in [4.69, 9.17) is 4.74 Å². The highest BCUT2D eigenvalue weighted by atomic mass is 16.5. The number of aromatic hydroxyl groups is 1. The van der Waals surface area contributed by atoms with E-state index in [1.807, 2.05) is 0 Å². The van der Waals surface area contributed by atoms with Gasteiger partial charge in [-0.1, -0.05) is 18.9 Å². The van der Waals surface area contributed by atoms with Crippen LogP contribution in [0.25, 0.3) is 0 Å². The summed E-state index contributed by atoms with van der Waals surface area (Å²) in [5, 5.41) is 22.5. The molecular weight excluding hydrogens is 420 g/mol. The van der Waals surface area contributed by atoms with E-state index >= 15 is 0 Å². The van der Waals surface area contributed by atoms with Crippen molar-refractivity contribution in [1.82, 2.24) is 15.2 Å². The highest BCUT2D eigenvalue weighted by Crippen LogP contribution is 2.37. The number of fused-ring (bicyclic) bond motifs is 1. The molecule has 2 aliphatic rings. The van der Waals surface area contributed by atoms with Crippen molar-refractivity contribution in [2.24, 2.45) is 5.41 Å². The summed E-state index contributed by atoms with van der Waals surface area (Å²) in [5.74, 6) is -0.0183. The van der Waals surface area contributed by atoms with E-state index in [1.54, 1.807) is 43.5 Å². The fourth-order valence-electron chi connectivity index (χ4n) is 4.69. The molecule has 0 bridgehead atoms. The van der Waals surface area contributed by atoms with Gasteiger partial charge in [0, 0.05) is 25.7 Å². The molecule has 1 aromatic carbocycles. The van der Waals surface area contributed by atoms with Gasteiger partial charge in [-0.2, -0.15) is 5.26 Å². The number of nitrogens with zero attached hydrogens (tertiary/aromatic N) is 3. The second-order valence-electron chi connectivity index (χ2n) is 8.90. The third kappa shape index (κ3) is 4.92. The molecule has 1 aromatic heterocycles. The van der Waals surface area contributed by atoms with Crippen LogP contribution in [0.15, 0.2) is 42.7 Å². The first kappa shape index (κ1) is 22.6. The first-order valence-electron chi connectivity index (χ1n) is 11.3. The van der Waals surface area contributed by atoms with Crippen molar-refractivity contribution in [2.75, 3.05) is 6.54 Å². The molecular formula is C25H28N4O4. The summed E-state index contributed by atoms with van der Waals surface area (Å²) in [7, 11) is 0. The number of nitriles is 1. The molecule has 0 spiro atoms. The van der Waals surface area contributed by atoms with Gasteiger partial charge in [0.1, 0.15) is 17.5 Å². The van der Waals surface area contributed by atoms with Gasteiger partial charge in [-0.15, -0.1) is 0 Å². The molecule has 2 N–H and O–H groups in total. The SMILES string of the molecule is CC(Oc1cccnc1)C(=O)N1Cc2ccc(O)cc2CC1C(=O)NCC1(C#N)CCCC1. The Kier molecular flexibility index (Phi) is 6.50. The average molecular weight is 449 g/mol. The van der Waals surface area contributed by atoms with Gasteiger partial charge in [0.05, 0.1) is 17.7 Å². The molecule has 2 aromatic rings. The number of nitrogens with one attached hydrogen (secondary N) is 1. The summed E-state index contributed by atoms with van der Waals surface area (Å²) in [5.41, 5.74) is 1.17. The smallest absolute Gasteiger partial charge is 0.264 e. The van der Waals surface area contributed by atoms with E-state index in [0.717, 1.165) is 36.8 Å². The first-order chi connectivity index (χ1) is 15.9. The summed E-state index contributed by atoms with van der Waals surface area (Å²) in [6.45, 7) is 2.16. The zero-order chi connectivity index (χ0) is 23.4. The first-order valence-corrected chi connectivity index (χ1v) is 11.3. The Hall–Kier alpha value is -3.60. The summed E-state index contributed by atoms with van der Waals surface area (Å²) in [4.78, 5) is 32.2. The van der Waals surface area contributed by atoms with Gasteiger partial charge in [0.2, 0.25) is 5.91 Å². The Morgan fingerprint density at radius 1 is 1.33 bits per heavy atom. The van der Waals surface area contributed by atoms with E-state index in [9.17, 15) is 20.0 Å². The predicted molar refractivity (Wildman–Crippen MR) is 120 cm³/mol. The van der Waals surface area contributed by atoms with Crippen LogP contribution in [0.2, 0.25) is 0 Å². The second-order valence-corrected chi connectivity index (χ2v) is 8.90. The molecule has 8 heteroatoms. The monoisotopic (exact) mass is 448 g/mol. The zero-order valence-electron chi connectivity index (χ0n) is 18.7. The molecule has 8 nitrogen and oxygen atoms in total.